The van der Waals surface area contributed by atoms with Crippen LogP contribution >= 0.6 is 0 Å². The van der Waals surface area contributed by atoms with Gasteiger partial charge in [-0.3, -0.25) is 9.59 Å². The second-order valence-electron chi connectivity index (χ2n) is 6.29. The fraction of sp³-hybridized carbons (Fsp3) is 0.0435. The van der Waals surface area contributed by atoms with Gasteiger partial charge in [-0.25, -0.2) is 9.36 Å². The van der Waals surface area contributed by atoms with Crippen molar-refractivity contribution < 1.29 is 9.53 Å². The summed E-state index contributed by atoms with van der Waals surface area (Å²) in [7, 11) is 1.56. The molecule has 0 aliphatic heterocycles. The summed E-state index contributed by atoms with van der Waals surface area (Å²) in [6.07, 6.45) is 0.519. The summed E-state index contributed by atoms with van der Waals surface area (Å²) in [6, 6.07) is 26.3. The molecule has 144 valence electrons. The number of nitrogens with zero attached hydrogens (tertiary/aromatic N) is 2. The molecule has 0 atom stereocenters. The number of carbonyl (C=O) groups is 1. The molecule has 29 heavy (non-hydrogen) atoms. The Morgan fingerprint density at radius 1 is 0.828 bits per heavy atom. The van der Waals surface area contributed by atoms with Gasteiger partial charge >= 0.3 is 0 Å². The first-order valence-electron chi connectivity index (χ1n) is 9.08. The highest BCUT2D eigenvalue weighted by Gasteiger charge is 2.24. The first-order chi connectivity index (χ1) is 14.3. The van der Waals surface area contributed by atoms with Crippen molar-refractivity contribution in [3.05, 3.63) is 95.3 Å². The van der Waals surface area contributed by atoms with Gasteiger partial charge in [0.1, 0.15) is 22.8 Å². The van der Waals surface area contributed by atoms with E-state index in [9.17, 15) is 9.59 Å². The molecular formula is C23H19N3O3. The van der Waals surface area contributed by atoms with E-state index in [1.165, 1.54) is 4.68 Å². The van der Waals surface area contributed by atoms with Gasteiger partial charge in [0.05, 0.1) is 12.8 Å². The van der Waals surface area contributed by atoms with Crippen LogP contribution in [-0.4, -0.2) is 22.9 Å². The number of aromatic nitrogens is 2. The number of carbonyl (C=O) groups excluding carboxylic acids is 1. The van der Waals surface area contributed by atoms with Crippen LogP contribution < -0.4 is 15.6 Å². The van der Waals surface area contributed by atoms with Crippen molar-refractivity contribution in [1.29, 1.82) is 0 Å². The summed E-state index contributed by atoms with van der Waals surface area (Å²) in [6.45, 7) is 0. The molecule has 0 fully saturated rings. The molecular weight excluding hydrogens is 366 g/mol. The van der Waals surface area contributed by atoms with Gasteiger partial charge in [0.2, 0.25) is 6.41 Å². The maximum absolute atomic E-state index is 13.5. The normalized spacial score (nSPS) is 10.5. The summed E-state index contributed by atoms with van der Waals surface area (Å²) in [4.78, 5) is 24.8. The van der Waals surface area contributed by atoms with Crippen molar-refractivity contribution in [2.24, 2.45) is 0 Å². The summed E-state index contributed by atoms with van der Waals surface area (Å²) >= 11 is 0. The van der Waals surface area contributed by atoms with Crippen molar-refractivity contribution in [2.75, 3.05) is 12.4 Å². The number of hydrogen-bond donors (Lipinski definition) is 1. The number of rotatable bonds is 6. The molecule has 0 bridgehead atoms. The smallest absolute Gasteiger partial charge is 0.296 e. The fourth-order valence-electron chi connectivity index (χ4n) is 3.39. The number of hydrogen-bond acceptors (Lipinski definition) is 3. The van der Waals surface area contributed by atoms with Crippen molar-refractivity contribution in [3.63, 3.8) is 0 Å². The van der Waals surface area contributed by atoms with Crippen LogP contribution in [0.5, 0.6) is 5.75 Å². The molecule has 1 heterocycles. The number of para-hydroxylation sites is 3. The Labute approximate surface area is 167 Å². The highest BCUT2D eigenvalue weighted by atomic mass is 16.5. The van der Waals surface area contributed by atoms with Gasteiger partial charge in [0, 0.05) is 5.56 Å². The van der Waals surface area contributed by atoms with E-state index in [2.05, 4.69) is 5.32 Å². The molecule has 0 radical (unpaired) electrons. The van der Waals surface area contributed by atoms with Crippen LogP contribution in [0.15, 0.2) is 89.7 Å². The minimum absolute atomic E-state index is 0.195. The van der Waals surface area contributed by atoms with Crippen LogP contribution in [0.1, 0.15) is 0 Å². The molecule has 0 unspecified atom stereocenters. The van der Waals surface area contributed by atoms with E-state index >= 15 is 0 Å². The lowest BCUT2D eigenvalue weighted by molar-refractivity contribution is -0.105. The minimum Gasteiger partial charge on any atom is -0.494 e. The molecule has 4 aromatic rings. The fourth-order valence-corrected chi connectivity index (χ4v) is 3.39. The Kier molecular flexibility index (Phi) is 4.99. The molecule has 1 amide bonds. The predicted molar refractivity (Wildman–Crippen MR) is 113 cm³/mol. The Balaban J connectivity index is 2.16. The number of anilines is 1. The maximum Gasteiger partial charge on any atom is 0.296 e. The van der Waals surface area contributed by atoms with Gasteiger partial charge in [-0.05, 0) is 24.3 Å². The lowest BCUT2D eigenvalue weighted by atomic mass is 10.1. The third-order valence-electron chi connectivity index (χ3n) is 4.62. The van der Waals surface area contributed by atoms with E-state index in [-0.39, 0.29) is 11.2 Å². The molecule has 1 N–H and O–H groups in total. The Morgan fingerprint density at radius 2 is 1.45 bits per heavy atom. The van der Waals surface area contributed by atoms with Crippen LogP contribution in [0.2, 0.25) is 0 Å². The zero-order valence-electron chi connectivity index (χ0n) is 15.8. The molecule has 6 nitrogen and oxygen atoms in total. The lowest BCUT2D eigenvalue weighted by Gasteiger charge is -2.17. The van der Waals surface area contributed by atoms with Crippen molar-refractivity contribution in [1.82, 2.24) is 9.36 Å². The highest BCUT2D eigenvalue weighted by molar-refractivity contribution is 5.84. The molecule has 4 rings (SSSR count). The van der Waals surface area contributed by atoms with Crippen molar-refractivity contribution >= 4 is 12.1 Å². The van der Waals surface area contributed by atoms with Gasteiger partial charge in [-0.1, -0.05) is 60.7 Å². The number of methoxy groups -OCH3 is 1. The standard InChI is InChI=1S/C23H19N3O3/c1-29-20-15-9-8-14-19(20)26-23(28)21(24-16-27)22(17-10-4-2-5-11-17)25(26)18-12-6-3-7-13-18/h2-16H,1H3,(H,24,27). The zero-order valence-corrected chi connectivity index (χ0v) is 15.8. The number of amides is 1. The summed E-state index contributed by atoms with van der Waals surface area (Å²) < 4.78 is 8.81. The monoisotopic (exact) mass is 385 g/mol. The van der Waals surface area contributed by atoms with Gasteiger partial charge in [0.15, 0.2) is 0 Å². The zero-order chi connectivity index (χ0) is 20.2. The van der Waals surface area contributed by atoms with Crippen molar-refractivity contribution in [2.45, 2.75) is 0 Å². The Morgan fingerprint density at radius 3 is 2.10 bits per heavy atom. The second kappa shape index (κ2) is 7.90. The summed E-state index contributed by atoms with van der Waals surface area (Å²) in [5.74, 6) is 0.543. The van der Waals surface area contributed by atoms with Gasteiger partial charge in [-0.15, -0.1) is 0 Å². The summed E-state index contributed by atoms with van der Waals surface area (Å²) in [5, 5.41) is 2.61. The van der Waals surface area contributed by atoms with Gasteiger partial charge < -0.3 is 10.1 Å². The van der Waals surface area contributed by atoms with Gasteiger partial charge in [0.25, 0.3) is 5.56 Å². The van der Waals surface area contributed by atoms with E-state index in [0.29, 0.717) is 23.5 Å². The van der Waals surface area contributed by atoms with Crippen LogP contribution in [0.4, 0.5) is 5.69 Å². The maximum atomic E-state index is 13.5. The third-order valence-corrected chi connectivity index (χ3v) is 4.62. The first-order valence-corrected chi connectivity index (χ1v) is 9.08. The molecule has 0 saturated heterocycles. The minimum atomic E-state index is -0.357. The molecule has 0 spiro atoms. The molecule has 3 aromatic carbocycles. The average molecular weight is 385 g/mol. The van der Waals surface area contributed by atoms with E-state index in [0.717, 1.165) is 11.3 Å². The van der Waals surface area contributed by atoms with E-state index in [1.54, 1.807) is 23.9 Å². The number of nitrogens with one attached hydrogen (secondary N) is 1. The molecule has 6 heteroatoms. The number of ether oxygens (including phenoxy) is 1. The first kappa shape index (κ1) is 18.3. The highest BCUT2D eigenvalue weighted by Crippen LogP contribution is 2.32. The van der Waals surface area contributed by atoms with Crippen LogP contribution in [0.25, 0.3) is 22.6 Å². The molecule has 1 aromatic heterocycles. The lowest BCUT2D eigenvalue weighted by Crippen LogP contribution is -2.22. The SMILES string of the molecule is COc1ccccc1-n1c(=O)c(NC=O)c(-c2ccccc2)n1-c1ccccc1. The Bertz CT molecular complexity index is 1200. The van der Waals surface area contributed by atoms with Crippen LogP contribution in [-0.2, 0) is 4.79 Å². The topological polar surface area (TPSA) is 65.3 Å². The quantitative estimate of drug-likeness (QED) is 0.513. The van der Waals surface area contributed by atoms with Gasteiger partial charge in [-0.2, -0.15) is 0 Å². The van der Waals surface area contributed by atoms with E-state index in [1.807, 2.05) is 72.8 Å². The molecule has 0 aliphatic rings. The molecule has 0 aliphatic carbocycles. The third kappa shape index (κ3) is 3.21. The van der Waals surface area contributed by atoms with E-state index in [4.69, 9.17) is 4.74 Å². The average Bonchev–Trinajstić information content (AvgIpc) is 3.07. The summed E-state index contributed by atoms with van der Waals surface area (Å²) in [5.41, 5.74) is 2.56. The predicted octanol–water partition coefficient (Wildman–Crippen LogP) is 3.87. The van der Waals surface area contributed by atoms with Crippen LogP contribution in [0, 0.1) is 0 Å². The molecule has 0 saturated carbocycles. The number of benzene rings is 3. The van der Waals surface area contributed by atoms with E-state index < -0.39 is 0 Å². The largest absolute Gasteiger partial charge is 0.494 e. The van der Waals surface area contributed by atoms with Crippen LogP contribution in [0.3, 0.4) is 0 Å². The second-order valence-corrected chi connectivity index (χ2v) is 6.29. The van der Waals surface area contributed by atoms with Crippen molar-refractivity contribution in [3.8, 4) is 28.4 Å². The Hall–Kier alpha value is -4.06.